The second kappa shape index (κ2) is 4.25. The van der Waals surface area contributed by atoms with Gasteiger partial charge in [-0.25, -0.2) is 0 Å². The summed E-state index contributed by atoms with van der Waals surface area (Å²) in [7, 11) is 0. The highest BCUT2D eigenvalue weighted by Gasteiger charge is 2.05. The number of fused-ring (bicyclic) bond motifs is 1. The Hall–Kier alpha value is -0.990. The zero-order valence-corrected chi connectivity index (χ0v) is 9.42. The minimum Gasteiger partial charge on any atom is -0.445 e. The van der Waals surface area contributed by atoms with Crippen LogP contribution in [0, 0.1) is 5.92 Å². The smallest absolute Gasteiger partial charge is 0.194 e. The minimum atomic E-state index is 0.439. The highest BCUT2D eigenvalue weighted by Crippen LogP contribution is 2.24. The average molecular weight is 224 g/mol. The molecule has 0 amide bonds. The van der Waals surface area contributed by atoms with E-state index in [2.05, 4.69) is 13.0 Å². The molecule has 2 rings (SSSR count). The van der Waals surface area contributed by atoms with Gasteiger partial charge in [0.1, 0.15) is 5.58 Å². The maximum atomic E-state index is 5.78. The van der Waals surface area contributed by atoms with Crippen molar-refractivity contribution < 1.29 is 4.42 Å². The molecule has 0 aliphatic heterocycles. The van der Waals surface area contributed by atoms with Crippen molar-refractivity contribution in [1.82, 2.24) is 0 Å². The van der Waals surface area contributed by atoms with Gasteiger partial charge in [0, 0.05) is 11.5 Å². The van der Waals surface area contributed by atoms with E-state index in [0.717, 1.165) is 17.4 Å². The molecule has 3 heteroatoms. The van der Waals surface area contributed by atoms with Crippen molar-refractivity contribution in [1.29, 1.82) is 0 Å². The van der Waals surface area contributed by atoms with Crippen LogP contribution in [0.5, 0.6) is 0 Å². The summed E-state index contributed by atoms with van der Waals surface area (Å²) >= 11 is 5.78. The molecule has 2 N–H and O–H groups in total. The Morgan fingerprint density at radius 1 is 1.40 bits per heavy atom. The summed E-state index contributed by atoms with van der Waals surface area (Å²) in [6.07, 6.45) is 0.977. The van der Waals surface area contributed by atoms with Gasteiger partial charge < -0.3 is 10.2 Å². The number of nitrogens with two attached hydrogens (primary N) is 1. The Bertz CT molecular complexity index is 464. The molecule has 0 spiro atoms. The molecule has 0 bridgehead atoms. The van der Waals surface area contributed by atoms with Crippen molar-refractivity contribution >= 4 is 22.6 Å². The van der Waals surface area contributed by atoms with E-state index in [1.807, 2.05) is 18.2 Å². The van der Waals surface area contributed by atoms with Crippen molar-refractivity contribution in [3.05, 3.63) is 35.0 Å². The lowest BCUT2D eigenvalue weighted by atomic mass is 10.0. The molecule has 15 heavy (non-hydrogen) atoms. The fraction of sp³-hybridized carbons (Fsp3) is 0.333. The summed E-state index contributed by atoms with van der Waals surface area (Å²) < 4.78 is 5.36. The highest BCUT2D eigenvalue weighted by molar-refractivity contribution is 6.29. The van der Waals surface area contributed by atoms with E-state index in [1.54, 1.807) is 0 Å². The van der Waals surface area contributed by atoms with Crippen molar-refractivity contribution in [3.63, 3.8) is 0 Å². The van der Waals surface area contributed by atoms with Crippen molar-refractivity contribution in [3.8, 4) is 0 Å². The third kappa shape index (κ3) is 2.33. The normalized spacial score (nSPS) is 13.3. The summed E-state index contributed by atoms with van der Waals surface area (Å²) in [5.41, 5.74) is 7.68. The number of halogens is 1. The molecular formula is C12H14ClNO. The Balaban J connectivity index is 2.30. The second-order valence-electron chi connectivity index (χ2n) is 3.97. The van der Waals surface area contributed by atoms with Crippen LogP contribution in [0.4, 0.5) is 0 Å². The third-order valence-corrected chi connectivity index (χ3v) is 2.73. The lowest BCUT2D eigenvalue weighted by molar-refractivity contribution is 0.590. The van der Waals surface area contributed by atoms with Gasteiger partial charge in [0.05, 0.1) is 0 Å². The summed E-state index contributed by atoms with van der Waals surface area (Å²) in [5.74, 6) is 0.493. The first-order chi connectivity index (χ1) is 7.19. The van der Waals surface area contributed by atoms with E-state index in [9.17, 15) is 0 Å². The van der Waals surface area contributed by atoms with Gasteiger partial charge in [-0.15, -0.1) is 0 Å². The predicted octanol–water partition coefficient (Wildman–Crippen LogP) is 3.22. The van der Waals surface area contributed by atoms with Gasteiger partial charge in [0.15, 0.2) is 5.22 Å². The lowest BCUT2D eigenvalue weighted by Gasteiger charge is -2.07. The van der Waals surface area contributed by atoms with Crippen LogP contribution in [0.15, 0.2) is 28.7 Å². The van der Waals surface area contributed by atoms with Crippen LogP contribution in [0.2, 0.25) is 5.22 Å². The fourth-order valence-corrected chi connectivity index (χ4v) is 1.86. The Labute approximate surface area is 94.0 Å². The van der Waals surface area contributed by atoms with Gasteiger partial charge >= 0.3 is 0 Å². The molecule has 80 valence electrons. The quantitative estimate of drug-likeness (QED) is 0.868. The van der Waals surface area contributed by atoms with Crippen LogP contribution in [0.25, 0.3) is 11.0 Å². The van der Waals surface area contributed by atoms with Crippen molar-refractivity contribution in [2.24, 2.45) is 11.7 Å². The zero-order chi connectivity index (χ0) is 10.8. The molecule has 0 saturated heterocycles. The first-order valence-corrected chi connectivity index (χ1v) is 5.45. The predicted molar refractivity (Wildman–Crippen MR) is 63.1 cm³/mol. The molecule has 1 aromatic heterocycles. The SMILES string of the molecule is CC(CN)Cc1ccc2cc(Cl)oc2c1. The first-order valence-electron chi connectivity index (χ1n) is 5.07. The Morgan fingerprint density at radius 2 is 2.20 bits per heavy atom. The number of rotatable bonds is 3. The zero-order valence-electron chi connectivity index (χ0n) is 8.66. The molecule has 0 fully saturated rings. The van der Waals surface area contributed by atoms with Crippen molar-refractivity contribution in [2.45, 2.75) is 13.3 Å². The van der Waals surface area contributed by atoms with Gasteiger partial charge in [-0.2, -0.15) is 0 Å². The largest absolute Gasteiger partial charge is 0.445 e. The van der Waals surface area contributed by atoms with Gasteiger partial charge in [-0.3, -0.25) is 0 Å². The summed E-state index contributed by atoms with van der Waals surface area (Å²) in [6, 6.07) is 7.99. The van der Waals surface area contributed by atoms with E-state index >= 15 is 0 Å². The molecule has 0 saturated carbocycles. The molecule has 0 radical (unpaired) electrons. The minimum absolute atomic E-state index is 0.439. The second-order valence-corrected chi connectivity index (χ2v) is 4.34. The van der Waals surface area contributed by atoms with Crippen LogP contribution < -0.4 is 5.73 Å². The molecule has 0 aliphatic carbocycles. The van der Waals surface area contributed by atoms with Gasteiger partial charge in [0.2, 0.25) is 0 Å². The number of benzene rings is 1. The van der Waals surface area contributed by atoms with Crippen LogP contribution in [0.3, 0.4) is 0 Å². The lowest BCUT2D eigenvalue weighted by Crippen LogP contribution is -2.12. The van der Waals surface area contributed by atoms with Crippen LogP contribution >= 0.6 is 11.6 Å². The van der Waals surface area contributed by atoms with Crippen LogP contribution in [-0.4, -0.2) is 6.54 Å². The maximum absolute atomic E-state index is 5.78. The topological polar surface area (TPSA) is 39.2 Å². The van der Waals surface area contributed by atoms with E-state index in [4.69, 9.17) is 21.8 Å². The first kappa shape index (κ1) is 10.5. The summed E-state index contributed by atoms with van der Waals surface area (Å²) in [6.45, 7) is 2.84. The van der Waals surface area contributed by atoms with Crippen LogP contribution in [0.1, 0.15) is 12.5 Å². The monoisotopic (exact) mass is 223 g/mol. The number of furan rings is 1. The molecule has 2 nitrogen and oxygen atoms in total. The highest BCUT2D eigenvalue weighted by atomic mass is 35.5. The summed E-state index contributed by atoms with van der Waals surface area (Å²) in [5, 5.41) is 1.48. The average Bonchev–Trinajstić information content (AvgIpc) is 2.57. The third-order valence-electron chi connectivity index (χ3n) is 2.54. The molecule has 1 aromatic carbocycles. The molecule has 1 atom stereocenters. The summed E-state index contributed by atoms with van der Waals surface area (Å²) in [4.78, 5) is 0. The van der Waals surface area contributed by atoms with Crippen LogP contribution in [-0.2, 0) is 6.42 Å². The molecule has 2 aromatic rings. The van der Waals surface area contributed by atoms with E-state index in [0.29, 0.717) is 17.7 Å². The number of hydrogen-bond donors (Lipinski definition) is 1. The van der Waals surface area contributed by atoms with Gasteiger partial charge in [-0.05, 0) is 42.1 Å². The number of hydrogen-bond acceptors (Lipinski definition) is 2. The van der Waals surface area contributed by atoms with Gasteiger partial charge in [0.25, 0.3) is 0 Å². The van der Waals surface area contributed by atoms with E-state index in [1.165, 1.54) is 5.56 Å². The van der Waals surface area contributed by atoms with E-state index < -0.39 is 0 Å². The molecular weight excluding hydrogens is 210 g/mol. The van der Waals surface area contributed by atoms with Gasteiger partial charge in [-0.1, -0.05) is 19.1 Å². The molecule has 1 unspecified atom stereocenters. The molecule has 1 heterocycles. The molecule has 0 aliphatic rings. The van der Waals surface area contributed by atoms with E-state index in [-0.39, 0.29) is 0 Å². The Kier molecular flexibility index (Phi) is 2.98. The maximum Gasteiger partial charge on any atom is 0.194 e. The van der Waals surface area contributed by atoms with Crippen molar-refractivity contribution in [2.75, 3.05) is 6.54 Å². The standard InChI is InChI=1S/C12H14ClNO/c1-8(7-14)4-9-2-3-10-6-12(13)15-11(10)5-9/h2-3,5-6,8H,4,7,14H2,1H3. The fourth-order valence-electron chi connectivity index (χ4n) is 1.66. The Morgan fingerprint density at radius 3 is 2.93 bits per heavy atom.